The van der Waals surface area contributed by atoms with E-state index >= 15 is 0 Å². The van der Waals surface area contributed by atoms with E-state index in [1.807, 2.05) is 12.1 Å². The van der Waals surface area contributed by atoms with Crippen LogP contribution in [0.5, 0.6) is 0 Å². The normalized spacial score (nSPS) is 22.2. The molecular formula is C18H23NO5S. The van der Waals surface area contributed by atoms with Crippen LogP contribution in [0.25, 0.3) is 0 Å². The van der Waals surface area contributed by atoms with Crippen molar-refractivity contribution in [2.45, 2.75) is 44.8 Å². The molecule has 2 unspecified atom stereocenters. The van der Waals surface area contributed by atoms with Crippen LogP contribution < -0.4 is 0 Å². The summed E-state index contributed by atoms with van der Waals surface area (Å²) in [5.41, 5.74) is 2.89. The van der Waals surface area contributed by atoms with Crippen molar-refractivity contribution < 1.29 is 22.7 Å². The first-order valence-corrected chi connectivity index (χ1v) is 10.4. The van der Waals surface area contributed by atoms with E-state index in [1.165, 1.54) is 23.0 Å². The Kier molecular flexibility index (Phi) is 4.86. The summed E-state index contributed by atoms with van der Waals surface area (Å²) >= 11 is 0. The van der Waals surface area contributed by atoms with Gasteiger partial charge in [-0.3, -0.25) is 4.79 Å². The zero-order valence-corrected chi connectivity index (χ0v) is 15.3. The van der Waals surface area contributed by atoms with Crippen molar-refractivity contribution in [3.63, 3.8) is 0 Å². The Morgan fingerprint density at radius 2 is 1.96 bits per heavy atom. The van der Waals surface area contributed by atoms with Gasteiger partial charge in [0, 0.05) is 13.1 Å². The molecule has 1 aliphatic carbocycles. The van der Waals surface area contributed by atoms with E-state index < -0.39 is 21.9 Å². The molecule has 1 aliphatic heterocycles. The molecule has 25 heavy (non-hydrogen) atoms. The SMILES string of the molecule is CC(OC(=O)c1ccc2c(c1)CCC2)C(=O)N(C)C1CCS(=O)(=O)C1. The van der Waals surface area contributed by atoms with Crippen molar-refractivity contribution in [3.8, 4) is 0 Å². The van der Waals surface area contributed by atoms with E-state index in [-0.39, 0.29) is 23.5 Å². The van der Waals surface area contributed by atoms with Crippen LogP contribution >= 0.6 is 0 Å². The second-order valence-electron chi connectivity index (χ2n) is 6.89. The van der Waals surface area contributed by atoms with Gasteiger partial charge in [0.25, 0.3) is 5.91 Å². The van der Waals surface area contributed by atoms with Gasteiger partial charge in [0.15, 0.2) is 15.9 Å². The van der Waals surface area contributed by atoms with Gasteiger partial charge < -0.3 is 9.64 Å². The fraction of sp³-hybridized carbons (Fsp3) is 0.556. The van der Waals surface area contributed by atoms with E-state index in [1.54, 1.807) is 13.1 Å². The number of likely N-dealkylation sites (N-methyl/N-ethyl adjacent to an activating group) is 1. The van der Waals surface area contributed by atoms with Crippen molar-refractivity contribution in [2.24, 2.45) is 0 Å². The lowest BCUT2D eigenvalue weighted by Crippen LogP contribution is -2.44. The fourth-order valence-corrected chi connectivity index (χ4v) is 5.30. The Morgan fingerprint density at radius 1 is 1.24 bits per heavy atom. The molecular weight excluding hydrogens is 342 g/mol. The molecule has 1 heterocycles. The molecule has 0 radical (unpaired) electrons. The predicted molar refractivity (Wildman–Crippen MR) is 93.2 cm³/mol. The molecule has 1 fully saturated rings. The summed E-state index contributed by atoms with van der Waals surface area (Å²) in [6.45, 7) is 1.52. The highest BCUT2D eigenvalue weighted by Crippen LogP contribution is 2.23. The third-order valence-corrected chi connectivity index (χ3v) is 6.82. The predicted octanol–water partition coefficient (Wildman–Crippen LogP) is 1.37. The number of hydrogen-bond donors (Lipinski definition) is 0. The first-order chi connectivity index (χ1) is 11.8. The Hall–Kier alpha value is -1.89. The van der Waals surface area contributed by atoms with E-state index in [2.05, 4.69) is 0 Å². The molecule has 2 aliphatic rings. The average Bonchev–Trinajstić information content (AvgIpc) is 3.18. The van der Waals surface area contributed by atoms with Crippen LogP contribution in [0.1, 0.15) is 41.3 Å². The smallest absolute Gasteiger partial charge is 0.338 e. The van der Waals surface area contributed by atoms with Crippen LogP contribution in [0.2, 0.25) is 0 Å². The van der Waals surface area contributed by atoms with E-state index in [9.17, 15) is 18.0 Å². The number of carbonyl (C=O) groups is 2. The molecule has 1 aromatic carbocycles. The minimum Gasteiger partial charge on any atom is -0.449 e. The largest absolute Gasteiger partial charge is 0.449 e. The van der Waals surface area contributed by atoms with Gasteiger partial charge in [-0.2, -0.15) is 0 Å². The van der Waals surface area contributed by atoms with Crippen LogP contribution in [0.15, 0.2) is 18.2 Å². The molecule has 0 saturated carbocycles. The third kappa shape index (κ3) is 3.86. The number of fused-ring (bicyclic) bond motifs is 1. The molecule has 1 aromatic rings. The highest BCUT2D eigenvalue weighted by Gasteiger charge is 2.35. The number of ether oxygens (including phenoxy) is 1. The second kappa shape index (κ2) is 6.78. The minimum absolute atomic E-state index is 0.0271. The number of nitrogens with zero attached hydrogens (tertiary/aromatic N) is 1. The molecule has 136 valence electrons. The summed E-state index contributed by atoms with van der Waals surface area (Å²) in [6.07, 6.45) is 2.57. The van der Waals surface area contributed by atoms with Crippen LogP contribution in [0.3, 0.4) is 0 Å². The average molecular weight is 365 g/mol. The summed E-state index contributed by atoms with van der Waals surface area (Å²) in [7, 11) is -1.51. The molecule has 2 atom stereocenters. The summed E-state index contributed by atoms with van der Waals surface area (Å²) < 4.78 is 28.5. The Balaban J connectivity index is 1.62. The molecule has 0 N–H and O–H groups in total. The number of aryl methyl sites for hydroxylation is 2. The topological polar surface area (TPSA) is 80.8 Å². The van der Waals surface area contributed by atoms with Crippen molar-refractivity contribution in [2.75, 3.05) is 18.6 Å². The zero-order chi connectivity index (χ0) is 18.2. The van der Waals surface area contributed by atoms with Gasteiger partial charge in [-0.15, -0.1) is 0 Å². The molecule has 0 aromatic heterocycles. The molecule has 0 bridgehead atoms. The minimum atomic E-state index is -3.07. The molecule has 3 rings (SSSR count). The summed E-state index contributed by atoms with van der Waals surface area (Å²) in [5.74, 6) is -0.834. The lowest BCUT2D eigenvalue weighted by molar-refractivity contribution is -0.140. The number of esters is 1. The fourth-order valence-electron chi connectivity index (χ4n) is 3.53. The zero-order valence-electron chi connectivity index (χ0n) is 14.5. The van der Waals surface area contributed by atoms with Gasteiger partial charge >= 0.3 is 5.97 Å². The summed E-state index contributed by atoms with van der Waals surface area (Å²) in [5, 5.41) is 0. The van der Waals surface area contributed by atoms with Gasteiger partial charge in [-0.25, -0.2) is 13.2 Å². The Labute approximate surface area is 148 Å². The maximum Gasteiger partial charge on any atom is 0.338 e. The summed E-state index contributed by atoms with van der Waals surface area (Å²) in [6, 6.07) is 5.17. The number of hydrogen-bond acceptors (Lipinski definition) is 5. The monoisotopic (exact) mass is 365 g/mol. The number of carbonyl (C=O) groups excluding carboxylic acids is 2. The quantitative estimate of drug-likeness (QED) is 0.753. The molecule has 6 nitrogen and oxygen atoms in total. The molecule has 0 spiro atoms. The first kappa shape index (κ1) is 17.9. The van der Waals surface area contributed by atoms with Gasteiger partial charge in [0.05, 0.1) is 17.1 Å². The number of rotatable bonds is 4. The van der Waals surface area contributed by atoms with Gasteiger partial charge in [0.1, 0.15) is 0 Å². The van der Waals surface area contributed by atoms with Gasteiger partial charge in [-0.1, -0.05) is 6.07 Å². The van der Waals surface area contributed by atoms with E-state index in [0.717, 1.165) is 19.3 Å². The van der Waals surface area contributed by atoms with Gasteiger partial charge in [-0.05, 0) is 55.9 Å². The molecule has 1 amide bonds. The lowest BCUT2D eigenvalue weighted by atomic mass is 10.1. The van der Waals surface area contributed by atoms with Crippen LogP contribution in [0, 0.1) is 0 Å². The van der Waals surface area contributed by atoms with Crippen LogP contribution in [0.4, 0.5) is 0 Å². The molecule has 7 heteroatoms. The second-order valence-corrected chi connectivity index (χ2v) is 9.12. The lowest BCUT2D eigenvalue weighted by Gasteiger charge is -2.26. The van der Waals surface area contributed by atoms with Crippen molar-refractivity contribution in [1.29, 1.82) is 0 Å². The Bertz CT molecular complexity index is 802. The van der Waals surface area contributed by atoms with E-state index in [4.69, 9.17) is 4.74 Å². The first-order valence-electron chi connectivity index (χ1n) is 8.57. The number of amides is 1. The highest BCUT2D eigenvalue weighted by molar-refractivity contribution is 7.91. The molecule has 1 saturated heterocycles. The maximum atomic E-state index is 12.4. The summed E-state index contributed by atoms with van der Waals surface area (Å²) in [4.78, 5) is 26.2. The van der Waals surface area contributed by atoms with Crippen molar-refractivity contribution >= 4 is 21.7 Å². The highest BCUT2D eigenvalue weighted by atomic mass is 32.2. The maximum absolute atomic E-state index is 12.4. The van der Waals surface area contributed by atoms with Crippen molar-refractivity contribution in [1.82, 2.24) is 4.90 Å². The van der Waals surface area contributed by atoms with Crippen LogP contribution in [-0.4, -0.2) is 55.9 Å². The number of benzene rings is 1. The van der Waals surface area contributed by atoms with E-state index in [0.29, 0.717) is 12.0 Å². The van der Waals surface area contributed by atoms with Crippen LogP contribution in [-0.2, 0) is 32.2 Å². The Morgan fingerprint density at radius 3 is 2.64 bits per heavy atom. The standard InChI is InChI=1S/C18H23NO5S/c1-12(17(20)19(2)16-8-9-25(22,23)11-16)24-18(21)15-7-6-13-4-3-5-14(13)10-15/h6-7,10,12,16H,3-5,8-9,11H2,1-2H3. The van der Waals surface area contributed by atoms with Gasteiger partial charge in [0.2, 0.25) is 0 Å². The number of sulfone groups is 1. The third-order valence-electron chi connectivity index (χ3n) is 5.07. The van der Waals surface area contributed by atoms with Crippen molar-refractivity contribution in [3.05, 3.63) is 34.9 Å².